The van der Waals surface area contributed by atoms with Crippen LogP contribution in [-0.4, -0.2) is 71.5 Å². The summed E-state index contributed by atoms with van der Waals surface area (Å²) in [5.74, 6) is -1.63. The molecule has 0 radical (unpaired) electrons. The van der Waals surface area contributed by atoms with Crippen molar-refractivity contribution in [3.63, 3.8) is 0 Å². The summed E-state index contributed by atoms with van der Waals surface area (Å²) in [5, 5.41) is 0. The van der Waals surface area contributed by atoms with Gasteiger partial charge in [0.25, 0.3) is 0 Å². The van der Waals surface area contributed by atoms with Gasteiger partial charge in [-0.3, -0.25) is 0 Å². The molecule has 0 saturated heterocycles. The third-order valence-corrected chi connectivity index (χ3v) is 5.38. The van der Waals surface area contributed by atoms with Crippen LogP contribution in [0.15, 0.2) is 12.2 Å². The van der Waals surface area contributed by atoms with E-state index in [1.54, 1.807) is 0 Å². The van der Waals surface area contributed by atoms with E-state index in [2.05, 4.69) is 30.3 Å². The van der Waals surface area contributed by atoms with E-state index < -0.39 is 103 Å². The normalized spacial score (nSPS) is 14.1. The SMILES string of the molecule is C=C(C)C(=O)OC(CCC(OC(=O)OC(C)(C)C)(C(F)(F)F)C(F)(F)F)CCC(OC(=O)OC(C)(C)C)(C(F)(F)F)C(F)(F)F. The standard InChI is InChI=1S/C25H32F12O8/c1-13(2)15(38)41-14(9-11-20(22(26,27)28,23(29,30)31)44-16(39)42-18(3,4)5)10-12-21(24(32,33)34,25(35,36)37)45-17(40)43-19(6,7)8/h14H,1,9-12H2,2-8H3. The molecule has 0 unspecified atom stereocenters. The second-order valence-corrected chi connectivity index (χ2v) is 11.7. The second-order valence-electron chi connectivity index (χ2n) is 11.7. The Balaban J connectivity index is 6.83. The fourth-order valence-electron chi connectivity index (χ4n) is 3.29. The molecule has 0 rings (SSSR count). The third-order valence-electron chi connectivity index (χ3n) is 5.38. The molecule has 0 spiro atoms. The molecule has 0 fully saturated rings. The molecule has 20 heteroatoms. The predicted octanol–water partition coefficient (Wildman–Crippen LogP) is 8.66. The van der Waals surface area contributed by atoms with Gasteiger partial charge in [-0.15, -0.1) is 0 Å². The summed E-state index contributed by atoms with van der Waals surface area (Å²) in [6, 6.07) is 0. The van der Waals surface area contributed by atoms with E-state index in [1.807, 2.05) is 0 Å². The number of halogens is 12. The summed E-state index contributed by atoms with van der Waals surface area (Å²) in [7, 11) is 0. The van der Waals surface area contributed by atoms with Crippen molar-refractivity contribution >= 4 is 18.3 Å². The van der Waals surface area contributed by atoms with Crippen LogP contribution >= 0.6 is 0 Å². The second kappa shape index (κ2) is 13.7. The average Bonchev–Trinajstić information content (AvgIpc) is 2.72. The zero-order valence-electron chi connectivity index (χ0n) is 24.9. The van der Waals surface area contributed by atoms with Crippen LogP contribution in [0.3, 0.4) is 0 Å². The Morgan fingerprint density at radius 1 is 0.556 bits per heavy atom. The lowest BCUT2D eigenvalue weighted by molar-refractivity contribution is -0.373. The van der Waals surface area contributed by atoms with Crippen LogP contribution in [0.1, 0.15) is 74.1 Å². The summed E-state index contributed by atoms with van der Waals surface area (Å²) >= 11 is 0. The lowest BCUT2D eigenvalue weighted by atomic mass is 9.89. The van der Waals surface area contributed by atoms with Crippen molar-refractivity contribution in [2.24, 2.45) is 0 Å². The first-order valence-corrected chi connectivity index (χ1v) is 12.6. The monoisotopic (exact) mass is 688 g/mol. The molecule has 0 heterocycles. The number of ether oxygens (including phenoxy) is 5. The van der Waals surface area contributed by atoms with Crippen molar-refractivity contribution in [3.8, 4) is 0 Å². The van der Waals surface area contributed by atoms with Gasteiger partial charge in [0.05, 0.1) is 0 Å². The van der Waals surface area contributed by atoms with Gasteiger partial charge in [-0.05, 0) is 61.3 Å². The smallest absolute Gasteiger partial charge is 0.459 e. The van der Waals surface area contributed by atoms with Gasteiger partial charge in [-0.2, -0.15) is 52.7 Å². The van der Waals surface area contributed by atoms with E-state index in [1.165, 1.54) is 0 Å². The number of rotatable bonds is 10. The third kappa shape index (κ3) is 11.7. The van der Waals surface area contributed by atoms with Crippen molar-refractivity contribution in [3.05, 3.63) is 12.2 Å². The Morgan fingerprint density at radius 3 is 1.02 bits per heavy atom. The van der Waals surface area contributed by atoms with Gasteiger partial charge in [-0.1, -0.05) is 6.58 Å². The summed E-state index contributed by atoms with van der Waals surface area (Å²) in [4.78, 5) is 35.9. The molecule has 8 nitrogen and oxygen atoms in total. The molecule has 0 aliphatic rings. The maximum Gasteiger partial charge on any atom is 0.510 e. The van der Waals surface area contributed by atoms with Gasteiger partial charge in [0.1, 0.15) is 17.3 Å². The van der Waals surface area contributed by atoms with Crippen LogP contribution in [0.2, 0.25) is 0 Å². The molecule has 0 amide bonds. The maximum atomic E-state index is 13.9. The summed E-state index contributed by atoms with van der Waals surface area (Å²) in [6.45, 7) is 10.3. The molecular weight excluding hydrogens is 656 g/mol. The first-order chi connectivity index (χ1) is 19.6. The van der Waals surface area contributed by atoms with E-state index in [-0.39, 0.29) is 0 Å². The lowest BCUT2D eigenvalue weighted by Gasteiger charge is -2.38. The lowest BCUT2D eigenvalue weighted by Crippen LogP contribution is -2.61. The van der Waals surface area contributed by atoms with Gasteiger partial charge < -0.3 is 23.7 Å². The molecule has 45 heavy (non-hydrogen) atoms. The molecule has 0 N–H and O–H groups in total. The van der Waals surface area contributed by atoms with Crippen molar-refractivity contribution < 1.29 is 90.8 Å². The number of carbonyl (C=O) groups excluding carboxylic acids is 3. The van der Waals surface area contributed by atoms with Crippen LogP contribution in [0, 0.1) is 0 Å². The van der Waals surface area contributed by atoms with Gasteiger partial charge >= 0.3 is 54.2 Å². The Labute approximate surface area is 249 Å². The predicted molar refractivity (Wildman–Crippen MR) is 127 cm³/mol. The molecule has 0 atom stereocenters. The Hall–Kier alpha value is -3.09. The summed E-state index contributed by atoms with van der Waals surface area (Å²) in [5.41, 5.74) is -14.8. The minimum Gasteiger partial charge on any atom is -0.459 e. The molecule has 0 bridgehead atoms. The largest absolute Gasteiger partial charge is 0.510 e. The van der Waals surface area contributed by atoms with Gasteiger partial charge in [0.15, 0.2) is 0 Å². The molecular formula is C25H32F12O8. The van der Waals surface area contributed by atoms with Gasteiger partial charge in [-0.25, -0.2) is 14.4 Å². The van der Waals surface area contributed by atoms with E-state index in [9.17, 15) is 67.1 Å². The zero-order chi connectivity index (χ0) is 36.3. The first kappa shape index (κ1) is 41.9. The number of alkyl halides is 12. The first-order valence-electron chi connectivity index (χ1n) is 12.6. The van der Waals surface area contributed by atoms with Crippen LogP contribution < -0.4 is 0 Å². The van der Waals surface area contributed by atoms with Gasteiger partial charge in [0, 0.05) is 18.4 Å². The number of hydrogen-bond donors (Lipinski definition) is 0. The fraction of sp³-hybridized carbons (Fsp3) is 0.800. The number of esters is 1. The highest BCUT2D eigenvalue weighted by Crippen LogP contribution is 2.52. The van der Waals surface area contributed by atoms with E-state index in [4.69, 9.17) is 0 Å². The minimum atomic E-state index is -6.49. The zero-order valence-corrected chi connectivity index (χ0v) is 24.9. The Kier molecular flexibility index (Phi) is 12.8. The Morgan fingerprint density at radius 2 is 0.822 bits per heavy atom. The van der Waals surface area contributed by atoms with Crippen molar-refractivity contribution in [2.45, 2.75) is 127 Å². The van der Waals surface area contributed by atoms with Crippen molar-refractivity contribution in [1.29, 1.82) is 0 Å². The molecule has 0 aliphatic heterocycles. The van der Waals surface area contributed by atoms with Crippen LogP contribution in [-0.2, 0) is 28.5 Å². The summed E-state index contributed by atoms with van der Waals surface area (Å²) in [6.07, 6.45) is -42.0. The molecule has 0 saturated carbocycles. The molecule has 0 aliphatic carbocycles. The number of carbonyl (C=O) groups is 3. The molecule has 0 aromatic carbocycles. The molecule has 0 aromatic rings. The van der Waals surface area contributed by atoms with Crippen molar-refractivity contribution in [1.82, 2.24) is 0 Å². The Bertz CT molecular complexity index is 963. The highest BCUT2D eigenvalue weighted by molar-refractivity contribution is 5.87. The summed E-state index contributed by atoms with van der Waals surface area (Å²) < 4.78 is 188. The fourth-order valence-corrected chi connectivity index (χ4v) is 3.29. The molecule has 264 valence electrons. The highest BCUT2D eigenvalue weighted by atomic mass is 19.4. The van der Waals surface area contributed by atoms with Crippen LogP contribution in [0.4, 0.5) is 62.3 Å². The van der Waals surface area contributed by atoms with Crippen LogP contribution in [0.25, 0.3) is 0 Å². The number of hydrogen-bond acceptors (Lipinski definition) is 8. The quantitative estimate of drug-likeness (QED) is 0.0974. The van der Waals surface area contributed by atoms with Gasteiger partial charge in [0.2, 0.25) is 0 Å². The van der Waals surface area contributed by atoms with Crippen molar-refractivity contribution in [2.75, 3.05) is 0 Å². The topological polar surface area (TPSA) is 97.4 Å². The maximum absolute atomic E-state index is 13.9. The highest BCUT2D eigenvalue weighted by Gasteiger charge is 2.76. The van der Waals surface area contributed by atoms with E-state index >= 15 is 0 Å². The van der Waals surface area contributed by atoms with E-state index in [0.29, 0.717) is 0 Å². The van der Waals surface area contributed by atoms with Crippen LogP contribution in [0.5, 0.6) is 0 Å². The van der Waals surface area contributed by atoms with E-state index in [0.717, 1.165) is 48.5 Å². The molecule has 0 aromatic heterocycles. The minimum absolute atomic E-state index is 0.606. The average molecular weight is 688 g/mol.